The van der Waals surface area contributed by atoms with Crippen LogP contribution in [-0.4, -0.2) is 48.1 Å². The molecule has 3 rings (SSSR count). The van der Waals surface area contributed by atoms with E-state index in [0.29, 0.717) is 11.2 Å². The first-order chi connectivity index (χ1) is 13.2. The number of fused-ring (bicyclic) bond motifs is 1. The van der Waals surface area contributed by atoms with Crippen molar-refractivity contribution in [2.24, 2.45) is 4.99 Å². The molecule has 1 aliphatic heterocycles. The number of hydrogen-bond donors (Lipinski definition) is 2. The molecule has 0 radical (unpaired) electrons. The highest BCUT2D eigenvalue weighted by atomic mass is 35.5. The summed E-state index contributed by atoms with van der Waals surface area (Å²) < 4.78 is 0. The molecule has 3 heterocycles. The quantitative estimate of drug-likeness (QED) is 0.421. The highest BCUT2D eigenvalue weighted by molar-refractivity contribution is 7.10. The van der Waals surface area contributed by atoms with Crippen LogP contribution < -0.4 is 10.6 Å². The van der Waals surface area contributed by atoms with Crippen LogP contribution in [0, 0.1) is 0 Å². The van der Waals surface area contributed by atoms with Gasteiger partial charge in [-0.2, -0.15) is 0 Å². The van der Waals surface area contributed by atoms with Gasteiger partial charge in [-0.15, -0.1) is 11.3 Å². The minimum atomic E-state index is 0.425. The van der Waals surface area contributed by atoms with Crippen LogP contribution >= 0.6 is 22.9 Å². The molecule has 7 heteroatoms. The third-order valence-corrected chi connectivity index (χ3v) is 6.06. The van der Waals surface area contributed by atoms with Crippen molar-refractivity contribution in [1.82, 2.24) is 20.5 Å². The fourth-order valence-corrected chi connectivity index (χ4v) is 4.21. The van der Waals surface area contributed by atoms with Crippen LogP contribution in [0.3, 0.4) is 0 Å². The molecule has 0 saturated carbocycles. The molecule has 0 fully saturated rings. The van der Waals surface area contributed by atoms with Crippen LogP contribution in [-0.2, 0) is 19.4 Å². The molecule has 2 aromatic rings. The summed E-state index contributed by atoms with van der Waals surface area (Å²) in [5.74, 6) is 0.875. The summed E-state index contributed by atoms with van der Waals surface area (Å²) >= 11 is 7.72. The number of rotatable bonds is 7. The van der Waals surface area contributed by atoms with Gasteiger partial charge in [0.1, 0.15) is 5.15 Å². The molecule has 0 aliphatic carbocycles. The van der Waals surface area contributed by atoms with Crippen molar-refractivity contribution in [1.29, 1.82) is 0 Å². The van der Waals surface area contributed by atoms with Gasteiger partial charge in [-0.05, 0) is 55.3 Å². The lowest BCUT2D eigenvalue weighted by atomic mass is 10.1. The van der Waals surface area contributed by atoms with Crippen molar-refractivity contribution in [3.8, 4) is 0 Å². The van der Waals surface area contributed by atoms with Gasteiger partial charge >= 0.3 is 0 Å². The summed E-state index contributed by atoms with van der Waals surface area (Å²) in [6.07, 6.45) is 3.87. The Hall–Kier alpha value is -1.63. The van der Waals surface area contributed by atoms with Crippen LogP contribution in [0.5, 0.6) is 0 Å². The second kappa shape index (κ2) is 10.1. The molecule has 27 heavy (non-hydrogen) atoms. The van der Waals surface area contributed by atoms with Gasteiger partial charge in [0.2, 0.25) is 0 Å². The molecular formula is C20H28ClN5S. The fourth-order valence-electron chi connectivity index (χ4n) is 3.21. The van der Waals surface area contributed by atoms with Crippen LogP contribution in [0.1, 0.15) is 29.9 Å². The van der Waals surface area contributed by atoms with Crippen LogP contribution in [0.25, 0.3) is 0 Å². The minimum absolute atomic E-state index is 0.425. The first kappa shape index (κ1) is 20.1. The normalized spacial score (nSPS) is 16.0. The molecule has 1 atom stereocenters. The first-order valence-electron chi connectivity index (χ1n) is 9.57. The summed E-state index contributed by atoms with van der Waals surface area (Å²) in [6.45, 7) is 8.98. The smallest absolute Gasteiger partial charge is 0.191 e. The van der Waals surface area contributed by atoms with Crippen molar-refractivity contribution < 1.29 is 0 Å². The predicted molar refractivity (Wildman–Crippen MR) is 115 cm³/mol. The number of pyridine rings is 1. The van der Waals surface area contributed by atoms with Gasteiger partial charge in [-0.1, -0.05) is 17.7 Å². The maximum absolute atomic E-state index is 5.83. The van der Waals surface area contributed by atoms with Gasteiger partial charge < -0.3 is 10.6 Å². The lowest BCUT2D eigenvalue weighted by Crippen LogP contribution is -2.41. The Morgan fingerprint density at radius 1 is 1.37 bits per heavy atom. The van der Waals surface area contributed by atoms with E-state index in [1.54, 1.807) is 4.88 Å². The molecule has 0 aromatic carbocycles. The summed E-state index contributed by atoms with van der Waals surface area (Å²) in [4.78, 5) is 13.0. The zero-order valence-corrected chi connectivity index (χ0v) is 17.6. The number of aliphatic imine (C=N–C) groups is 1. The van der Waals surface area contributed by atoms with Gasteiger partial charge in [0, 0.05) is 43.3 Å². The van der Waals surface area contributed by atoms with Gasteiger partial charge in [0.15, 0.2) is 5.96 Å². The highest BCUT2D eigenvalue weighted by Crippen LogP contribution is 2.25. The predicted octanol–water partition coefficient (Wildman–Crippen LogP) is 3.34. The van der Waals surface area contributed by atoms with E-state index in [1.807, 2.05) is 29.7 Å². The van der Waals surface area contributed by atoms with E-state index in [4.69, 9.17) is 16.6 Å². The van der Waals surface area contributed by atoms with Gasteiger partial charge in [-0.3, -0.25) is 9.89 Å². The van der Waals surface area contributed by atoms with E-state index < -0.39 is 0 Å². The second-order valence-corrected chi connectivity index (χ2v) is 8.21. The van der Waals surface area contributed by atoms with Crippen molar-refractivity contribution in [3.05, 3.63) is 50.9 Å². The maximum atomic E-state index is 5.83. The molecule has 1 unspecified atom stereocenters. The maximum Gasteiger partial charge on any atom is 0.191 e. The average molecular weight is 406 g/mol. The van der Waals surface area contributed by atoms with E-state index in [1.165, 1.54) is 5.56 Å². The third kappa shape index (κ3) is 5.92. The second-order valence-electron chi connectivity index (χ2n) is 6.82. The van der Waals surface area contributed by atoms with E-state index in [-0.39, 0.29) is 0 Å². The van der Waals surface area contributed by atoms with Crippen LogP contribution in [0.15, 0.2) is 34.8 Å². The molecule has 0 amide bonds. The lowest BCUT2D eigenvalue weighted by molar-refractivity contribution is 0.197. The van der Waals surface area contributed by atoms with Crippen LogP contribution in [0.4, 0.5) is 0 Å². The molecule has 2 aromatic heterocycles. The Morgan fingerprint density at radius 3 is 3.04 bits per heavy atom. The van der Waals surface area contributed by atoms with Crippen molar-refractivity contribution in [2.75, 3.05) is 26.2 Å². The summed E-state index contributed by atoms with van der Waals surface area (Å²) in [5, 5.41) is 9.49. The van der Waals surface area contributed by atoms with Gasteiger partial charge in [0.25, 0.3) is 0 Å². The number of thiophene rings is 1. The topological polar surface area (TPSA) is 52.6 Å². The van der Waals surface area contributed by atoms with Crippen molar-refractivity contribution >= 4 is 28.9 Å². The summed E-state index contributed by atoms with van der Waals surface area (Å²) in [5.41, 5.74) is 2.65. The Labute approximate surface area is 170 Å². The number of aromatic nitrogens is 1. The molecule has 0 spiro atoms. The minimum Gasteiger partial charge on any atom is -0.357 e. The lowest BCUT2D eigenvalue weighted by Gasteiger charge is -2.31. The average Bonchev–Trinajstić information content (AvgIpc) is 3.15. The monoisotopic (exact) mass is 405 g/mol. The Bertz CT molecular complexity index is 743. The standard InChI is InChI=1S/C20H28ClN5S/c1-3-22-20(23-9-6-16-4-5-19(21)24-13-16)25-12-15(2)26-10-7-18-17(14-26)8-11-27-18/h4-5,8,11,13,15H,3,6-7,9-10,12,14H2,1-2H3,(H2,22,23,25). The molecule has 5 nitrogen and oxygen atoms in total. The molecule has 0 bridgehead atoms. The SMILES string of the molecule is CCNC(=NCC(C)N1CCc2sccc2C1)NCCc1ccc(Cl)nc1. The number of nitrogens with zero attached hydrogens (tertiary/aromatic N) is 3. The Morgan fingerprint density at radius 2 is 2.26 bits per heavy atom. The number of halogens is 1. The fraction of sp³-hybridized carbons (Fsp3) is 0.500. The van der Waals surface area contributed by atoms with E-state index in [9.17, 15) is 0 Å². The summed E-state index contributed by atoms with van der Waals surface area (Å²) in [7, 11) is 0. The van der Waals surface area contributed by atoms with Gasteiger partial charge in [0.05, 0.1) is 6.54 Å². The Kier molecular flexibility index (Phi) is 7.50. The highest BCUT2D eigenvalue weighted by Gasteiger charge is 2.21. The van der Waals surface area contributed by atoms with Crippen LogP contribution in [0.2, 0.25) is 5.15 Å². The summed E-state index contributed by atoms with van der Waals surface area (Å²) in [6, 6.07) is 6.53. The molecule has 0 saturated heterocycles. The van der Waals surface area contributed by atoms with Crippen molar-refractivity contribution in [2.45, 2.75) is 39.3 Å². The van der Waals surface area contributed by atoms with Crippen molar-refractivity contribution in [3.63, 3.8) is 0 Å². The first-order valence-corrected chi connectivity index (χ1v) is 10.8. The van der Waals surface area contributed by atoms with Gasteiger partial charge in [-0.25, -0.2) is 4.98 Å². The zero-order valence-electron chi connectivity index (χ0n) is 16.0. The molecular weight excluding hydrogens is 378 g/mol. The molecule has 1 aliphatic rings. The Balaban J connectivity index is 1.48. The molecule has 2 N–H and O–H groups in total. The molecule has 146 valence electrons. The third-order valence-electron chi connectivity index (χ3n) is 4.81. The number of nitrogens with one attached hydrogen (secondary N) is 2. The van der Waals surface area contributed by atoms with E-state index in [0.717, 1.165) is 57.1 Å². The van der Waals surface area contributed by atoms with E-state index >= 15 is 0 Å². The van der Waals surface area contributed by atoms with E-state index in [2.05, 4.69) is 45.8 Å². The number of guanidine groups is 1. The zero-order chi connectivity index (χ0) is 19.1. The number of hydrogen-bond acceptors (Lipinski definition) is 4. The largest absolute Gasteiger partial charge is 0.357 e.